The lowest BCUT2D eigenvalue weighted by molar-refractivity contribution is -0.123. The SMILES string of the molecule is Cc1cc(Cl)ccc1OCC(=O)NCc1ccc(Cl)cc1. The highest BCUT2D eigenvalue weighted by atomic mass is 35.5. The topological polar surface area (TPSA) is 38.3 Å². The zero-order chi connectivity index (χ0) is 15.2. The van der Waals surface area contributed by atoms with E-state index in [0.717, 1.165) is 11.1 Å². The first-order chi connectivity index (χ1) is 10.0. The minimum absolute atomic E-state index is 0.0317. The lowest BCUT2D eigenvalue weighted by Gasteiger charge is -2.10. The molecule has 5 heteroatoms. The summed E-state index contributed by atoms with van der Waals surface area (Å²) in [7, 11) is 0. The van der Waals surface area contributed by atoms with Crippen LogP contribution >= 0.6 is 23.2 Å². The van der Waals surface area contributed by atoms with Crippen molar-refractivity contribution in [2.45, 2.75) is 13.5 Å². The average molecular weight is 324 g/mol. The smallest absolute Gasteiger partial charge is 0.258 e. The van der Waals surface area contributed by atoms with E-state index in [0.29, 0.717) is 22.3 Å². The summed E-state index contributed by atoms with van der Waals surface area (Å²) in [6.45, 7) is 2.29. The number of nitrogens with one attached hydrogen (secondary N) is 1. The Morgan fingerprint density at radius 2 is 1.76 bits per heavy atom. The summed E-state index contributed by atoms with van der Waals surface area (Å²) < 4.78 is 5.47. The van der Waals surface area contributed by atoms with Crippen LogP contribution in [-0.4, -0.2) is 12.5 Å². The van der Waals surface area contributed by atoms with Gasteiger partial charge in [-0.25, -0.2) is 0 Å². The van der Waals surface area contributed by atoms with Crippen molar-refractivity contribution in [1.29, 1.82) is 0 Å². The molecular weight excluding hydrogens is 309 g/mol. The van der Waals surface area contributed by atoms with E-state index < -0.39 is 0 Å². The molecule has 0 heterocycles. The van der Waals surface area contributed by atoms with Crippen LogP contribution in [0.4, 0.5) is 0 Å². The van der Waals surface area contributed by atoms with Crippen LogP contribution < -0.4 is 10.1 Å². The Morgan fingerprint density at radius 1 is 1.10 bits per heavy atom. The third-order valence-corrected chi connectivity index (χ3v) is 3.39. The number of aryl methyl sites for hydroxylation is 1. The molecule has 0 atom stereocenters. The van der Waals surface area contributed by atoms with Crippen molar-refractivity contribution in [2.24, 2.45) is 0 Å². The molecule has 0 spiro atoms. The van der Waals surface area contributed by atoms with E-state index in [4.69, 9.17) is 27.9 Å². The maximum Gasteiger partial charge on any atom is 0.258 e. The molecule has 3 nitrogen and oxygen atoms in total. The van der Waals surface area contributed by atoms with Gasteiger partial charge in [0.05, 0.1) is 0 Å². The van der Waals surface area contributed by atoms with Gasteiger partial charge in [0, 0.05) is 16.6 Å². The highest BCUT2D eigenvalue weighted by Crippen LogP contribution is 2.21. The summed E-state index contributed by atoms with van der Waals surface area (Å²) in [5, 5.41) is 4.10. The van der Waals surface area contributed by atoms with E-state index in [9.17, 15) is 4.79 Å². The second-order valence-electron chi connectivity index (χ2n) is 4.60. The Morgan fingerprint density at radius 3 is 2.43 bits per heavy atom. The number of hydrogen-bond donors (Lipinski definition) is 1. The summed E-state index contributed by atoms with van der Waals surface area (Å²) in [6, 6.07) is 12.6. The molecule has 0 aromatic heterocycles. The van der Waals surface area contributed by atoms with Crippen LogP contribution in [0.2, 0.25) is 10.0 Å². The van der Waals surface area contributed by atoms with E-state index in [2.05, 4.69) is 5.32 Å². The quantitative estimate of drug-likeness (QED) is 0.903. The predicted molar refractivity (Wildman–Crippen MR) is 85.0 cm³/mol. The minimum atomic E-state index is -0.181. The molecule has 21 heavy (non-hydrogen) atoms. The monoisotopic (exact) mass is 323 g/mol. The molecule has 2 aromatic carbocycles. The summed E-state index contributed by atoms with van der Waals surface area (Å²) in [4.78, 5) is 11.7. The van der Waals surface area contributed by atoms with Gasteiger partial charge in [-0.05, 0) is 48.4 Å². The van der Waals surface area contributed by atoms with Crippen LogP contribution in [0.1, 0.15) is 11.1 Å². The number of rotatable bonds is 5. The number of amides is 1. The van der Waals surface area contributed by atoms with Crippen LogP contribution in [0.15, 0.2) is 42.5 Å². The van der Waals surface area contributed by atoms with Gasteiger partial charge in [-0.3, -0.25) is 4.79 Å². The van der Waals surface area contributed by atoms with E-state index in [1.165, 1.54) is 0 Å². The van der Waals surface area contributed by atoms with Crippen molar-refractivity contribution in [1.82, 2.24) is 5.32 Å². The van der Waals surface area contributed by atoms with Crippen molar-refractivity contribution in [3.63, 3.8) is 0 Å². The molecule has 1 N–H and O–H groups in total. The molecule has 1 amide bonds. The van der Waals surface area contributed by atoms with Crippen LogP contribution in [0.25, 0.3) is 0 Å². The first-order valence-corrected chi connectivity index (χ1v) is 7.20. The summed E-state index contributed by atoms with van der Waals surface area (Å²) >= 11 is 11.7. The zero-order valence-corrected chi connectivity index (χ0v) is 13.0. The number of benzene rings is 2. The molecule has 0 unspecified atom stereocenters. The van der Waals surface area contributed by atoms with Crippen molar-refractivity contribution in [2.75, 3.05) is 6.61 Å². The van der Waals surface area contributed by atoms with Crippen LogP contribution in [0, 0.1) is 6.92 Å². The van der Waals surface area contributed by atoms with Crippen LogP contribution in [-0.2, 0) is 11.3 Å². The molecular formula is C16H15Cl2NO2. The highest BCUT2D eigenvalue weighted by Gasteiger charge is 2.05. The zero-order valence-electron chi connectivity index (χ0n) is 11.5. The fourth-order valence-corrected chi connectivity index (χ4v) is 2.12. The molecule has 2 aromatic rings. The second kappa shape index (κ2) is 7.34. The number of carbonyl (C=O) groups is 1. The van der Waals surface area contributed by atoms with E-state index in [1.807, 2.05) is 19.1 Å². The van der Waals surface area contributed by atoms with Gasteiger partial charge in [-0.2, -0.15) is 0 Å². The molecule has 0 saturated heterocycles. The first kappa shape index (κ1) is 15.7. The Kier molecular flexibility index (Phi) is 5.48. The molecule has 0 saturated carbocycles. The molecule has 0 aliphatic rings. The lowest BCUT2D eigenvalue weighted by Crippen LogP contribution is -2.28. The van der Waals surface area contributed by atoms with Gasteiger partial charge in [0.2, 0.25) is 0 Å². The number of halogens is 2. The highest BCUT2D eigenvalue weighted by molar-refractivity contribution is 6.30. The normalized spacial score (nSPS) is 10.2. The molecule has 0 radical (unpaired) electrons. The summed E-state index contributed by atoms with van der Waals surface area (Å²) in [5.74, 6) is 0.473. The molecule has 0 fully saturated rings. The Labute approximate surface area is 133 Å². The van der Waals surface area contributed by atoms with Crippen molar-refractivity contribution in [3.05, 3.63) is 63.6 Å². The molecule has 0 aliphatic carbocycles. The third-order valence-electron chi connectivity index (χ3n) is 2.90. The average Bonchev–Trinajstić information content (AvgIpc) is 2.46. The standard InChI is InChI=1S/C16H15Cl2NO2/c1-11-8-14(18)6-7-15(11)21-10-16(20)19-9-12-2-4-13(17)5-3-12/h2-8H,9-10H2,1H3,(H,19,20). The maximum atomic E-state index is 11.7. The van der Waals surface area contributed by atoms with Gasteiger partial charge in [0.25, 0.3) is 5.91 Å². The molecule has 2 rings (SSSR count). The summed E-state index contributed by atoms with van der Waals surface area (Å²) in [5.41, 5.74) is 1.88. The van der Waals surface area contributed by atoms with Crippen LogP contribution in [0.5, 0.6) is 5.75 Å². The van der Waals surface area contributed by atoms with Crippen LogP contribution in [0.3, 0.4) is 0 Å². The Balaban J connectivity index is 1.80. The van der Waals surface area contributed by atoms with Gasteiger partial charge < -0.3 is 10.1 Å². The predicted octanol–water partition coefficient (Wildman–Crippen LogP) is 4.00. The number of ether oxygens (including phenoxy) is 1. The Bertz CT molecular complexity index is 627. The van der Waals surface area contributed by atoms with Gasteiger partial charge in [-0.1, -0.05) is 35.3 Å². The summed E-state index contributed by atoms with van der Waals surface area (Å²) in [6.07, 6.45) is 0. The second-order valence-corrected chi connectivity index (χ2v) is 5.47. The molecule has 0 bridgehead atoms. The maximum absolute atomic E-state index is 11.7. The number of carbonyl (C=O) groups excluding carboxylic acids is 1. The first-order valence-electron chi connectivity index (χ1n) is 6.44. The Hall–Kier alpha value is -1.71. The van der Waals surface area contributed by atoms with Gasteiger partial charge >= 0.3 is 0 Å². The molecule has 0 aliphatic heterocycles. The number of hydrogen-bond acceptors (Lipinski definition) is 2. The minimum Gasteiger partial charge on any atom is -0.484 e. The van der Waals surface area contributed by atoms with Gasteiger partial charge in [-0.15, -0.1) is 0 Å². The lowest BCUT2D eigenvalue weighted by atomic mass is 10.2. The van der Waals surface area contributed by atoms with Crippen molar-refractivity contribution >= 4 is 29.1 Å². The van der Waals surface area contributed by atoms with Crippen molar-refractivity contribution in [3.8, 4) is 5.75 Å². The third kappa shape index (κ3) is 4.96. The molecule has 110 valence electrons. The van der Waals surface area contributed by atoms with Crippen molar-refractivity contribution < 1.29 is 9.53 Å². The largest absolute Gasteiger partial charge is 0.484 e. The van der Waals surface area contributed by atoms with E-state index in [-0.39, 0.29) is 12.5 Å². The van der Waals surface area contributed by atoms with Gasteiger partial charge in [0.15, 0.2) is 6.61 Å². The van der Waals surface area contributed by atoms with E-state index >= 15 is 0 Å². The fraction of sp³-hybridized carbons (Fsp3) is 0.188. The van der Waals surface area contributed by atoms with Gasteiger partial charge in [0.1, 0.15) is 5.75 Å². The fourth-order valence-electron chi connectivity index (χ4n) is 1.77. The van der Waals surface area contributed by atoms with E-state index in [1.54, 1.807) is 30.3 Å².